The molecule has 2 atom stereocenters. The molecular formula is C51H40N4S. The van der Waals surface area contributed by atoms with Gasteiger partial charge in [-0.15, -0.1) is 11.8 Å². The highest BCUT2D eigenvalue weighted by atomic mass is 32.2. The summed E-state index contributed by atoms with van der Waals surface area (Å²) in [6, 6.07) is 49.1. The maximum atomic E-state index is 9.30. The number of nitrogens with zero attached hydrogens (tertiary/aromatic N) is 4. The number of thioether (sulfide) groups is 1. The minimum absolute atomic E-state index is 0.225. The maximum Gasteiger partial charge on any atom is 0.0991 e. The van der Waals surface area contributed by atoms with Gasteiger partial charge in [-0.1, -0.05) is 91.0 Å². The van der Waals surface area contributed by atoms with Crippen LogP contribution in [0.5, 0.6) is 0 Å². The summed E-state index contributed by atoms with van der Waals surface area (Å²) in [6.45, 7) is 1.67. The van der Waals surface area contributed by atoms with Gasteiger partial charge < -0.3 is 14.4 Å². The minimum atomic E-state index is 0.225. The molecule has 7 aromatic rings. The number of nitriles is 1. The number of allylic oxidation sites excluding steroid dienone is 4. The topological polar surface area (TPSA) is 35.2 Å². The Morgan fingerprint density at radius 2 is 1.36 bits per heavy atom. The van der Waals surface area contributed by atoms with Crippen molar-refractivity contribution in [2.24, 2.45) is 0 Å². The van der Waals surface area contributed by atoms with Crippen molar-refractivity contribution < 1.29 is 0 Å². The molecule has 0 fully saturated rings. The first-order chi connectivity index (χ1) is 27.7. The molecular weight excluding hydrogens is 701 g/mol. The van der Waals surface area contributed by atoms with E-state index in [1.54, 1.807) is 0 Å². The molecule has 6 aromatic carbocycles. The van der Waals surface area contributed by atoms with Gasteiger partial charge in [0.05, 0.1) is 34.4 Å². The Labute approximate surface area is 332 Å². The summed E-state index contributed by atoms with van der Waals surface area (Å²) in [5, 5.41) is 12.4. The smallest absolute Gasteiger partial charge is 0.0991 e. The molecule has 2 aliphatic heterocycles. The third-order valence-corrected chi connectivity index (χ3v) is 13.4. The maximum absolute atomic E-state index is 9.30. The van der Waals surface area contributed by atoms with Gasteiger partial charge in [0.1, 0.15) is 0 Å². The van der Waals surface area contributed by atoms with Crippen LogP contribution >= 0.6 is 11.8 Å². The lowest BCUT2D eigenvalue weighted by Gasteiger charge is -2.35. The molecule has 4 nitrogen and oxygen atoms in total. The SMILES string of the molecule is N#Cc1ccc(SC2C=CC(n3c4ccc5c(c4c4c6c(ccc43)N(C3=CCCC=C3)Cc3ccccc3-6)-c3ccccc3N(c3ccccc3)C5)CC2)cc1. The Kier molecular flexibility index (Phi) is 8.00. The third-order valence-electron chi connectivity index (χ3n) is 12.2. The van der Waals surface area contributed by atoms with Gasteiger partial charge in [0, 0.05) is 62.2 Å². The summed E-state index contributed by atoms with van der Waals surface area (Å²) in [4.78, 5) is 6.25. The second kappa shape index (κ2) is 13.5. The van der Waals surface area contributed by atoms with E-state index in [-0.39, 0.29) is 6.04 Å². The van der Waals surface area contributed by atoms with Crippen molar-refractivity contribution in [3.63, 3.8) is 0 Å². The molecule has 0 bridgehead atoms. The molecule has 56 heavy (non-hydrogen) atoms. The number of rotatable bonds is 5. The average Bonchev–Trinajstić information content (AvgIpc) is 3.61. The molecule has 4 aliphatic rings. The molecule has 0 radical (unpaired) electrons. The Morgan fingerprint density at radius 3 is 2.14 bits per heavy atom. The van der Waals surface area contributed by atoms with Crippen LogP contribution in [0.3, 0.4) is 0 Å². The zero-order valence-corrected chi connectivity index (χ0v) is 31.9. The Morgan fingerprint density at radius 1 is 0.607 bits per heavy atom. The lowest BCUT2D eigenvalue weighted by atomic mass is 9.85. The standard InChI is InChI=1S/C51H40N4S/c52-31-34-19-24-40(25-20-34)56-41-26-22-39(23-27-41)55-46-28-21-36-33-53(37-12-3-1-4-13-37)44-18-10-9-17-43(44)48(36)50(46)51-47(55)30-29-45-49(51)42-16-8-7-11-35(42)32-54(45)38-14-5-2-6-15-38/h1,3-5,7-22,24-26,28-30,39,41H,2,6,23,27,32-33H2. The predicted octanol–water partition coefficient (Wildman–Crippen LogP) is 13.3. The lowest BCUT2D eigenvalue weighted by Crippen LogP contribution is -2.26. The van der Waals surface area contributed by atoms with E-state index in [0.717, 1.165) is 38.8 Å². The van der Waals surface area contributed by atoms with E-state index in [1.807, 2.05) is 23.9 Å². The van der Waals surface area contributed by atoms with Gasteiger partial charge in [0.25, 0.3) is 0 Å². The van der Waals surface area contributed by atoms with Crippen molar-refractivity contribution in [1.82, 2.24) is 4.57 Å². The highest BCUT2D eigenvalue weighted by Crippen LogP contribution is 2.54. The molecule has 0 amide bonds. The van der Waals surface area contributed by atoms with E-state index < -0.39 is 0 Å². The van der Waals surface area contributed by atoms with E-state index in [0.29, 0.717) is 10.8 Å². The van der Waals surface area contributed by atoms with Crippen LogP contribution in [0.2, 0.25) is 0 Å². The van der Waals surface area contributed by atoms with Gasteiger partial charge >= 0.3 is 0 Å². The van der Waals surface area contributed by atoms with Gasteiger partial charge in [0.2, 0.25) is 0 Å². The van der Waals surface area contributed by atoms with E-state index in [1.165, 1.54) is 82.8 Å². The number of aromatic nitrogens is 1. The Balaban J connectivity index is 1.15. The first kappa shape index (κ1) is 33.1. The van der Waals surface area contributed by atoms with Crippen LogP contribution in [0, 0.1) is 11.3 Å². The van der Waals surface area contributed by atoms with Gasteiger partial charge in [-0.25, -0.2) is 0 Å². The molecule has 270 valence electrons. The number of hydrogen-bond donors (Lipinski definition) is 0. The summed E-state index contributed by atoms with van der Waals surface area (Å²) < 4.78 is 2.66. The molecule has 0 spiro atoms. The van der Waals surface area contributed by atoms with Crippen LogP contribution in [-0.4, -0.2) is 9.82 Å². The highest BCUT2D eigenvalue weighted by Gasteiger charge is 2.33. The summed E-state index contributed by atoms with van der Waals surface area (Å²) in [5.74, 6) is 0. The first-order valence-electron chi connectivity index (χ1n) is 19.9. The predicted molar refractivity (Wildman–Crippen MR) is 233 cm³/mol. The van der Waals surface area contributed by atoms with E-state index in [4.69, 9.17) is 0 Å². The van der Waals surface area contributed by atoms with E-state index in [2.05, 4.69) is 166 Å². The van der Waals surface area contributed by atoms with Crippen LogP contribution in [0.4, 0.5) is 17.1 Å². The monoisotopic (exact) mass is 740 g/mol. The van der Waals surface area contributed by atoms with Gasteiger partial charge in [-0.05, 0) is 115 Å². The first-order valence-corrected chi connectivity index (χ1v) is 20.7. The Hall–Kier alpha value is -6.22. The fourth-order valence-corrected chi connectivity index (χ4v) is 10.7. The summed E-state index contributed by atoms with van der Waals surface area (Å²) in [7, 11) is 0. The zero-order chi connectivity index (χ0) is 37.2. The fourth-order valence-electron chi connectivity index (χ4n) is 9.62. The van der Waals surface area contributed by atoms with Crippen molar-refractivity contribution in [1.29, 1.82) is 5.26 Å². The molecule has 0 N–H and O–H groups in total. The van der Waals surface area contributed by atoms with Crippen molar-refractivity contribution in [2.75, 3.05) is 9.80 Å². The average molecular weight is 741 g/mol. The normalized spacial score (nSPS) is 18.2. The molecule has 0 saturated carbocycles. The second-order valence-electron chi connectivity index (χ2n) is 15.3. The quantitative estimate of drug-likeness (QED) is 0.165. The van der Waals surface area contributed by atoms with Crippen LogP contribution < -0.4 is 9.80 Å². The number of fused-ring (bicyclic) bond motifs is 11. The number of benzene rings is 6. The second-order valence-corrected chi connectivity index (χ2v) is 16.6. The summed E-state index contributed by atoms with van der Waals surface area (Å²) in [5.41, 5.74) is 16.4. The number of hydrogen-bond acceptors (Lipinski definition) is 4. The van der Waals surface area contributed by atoms with Crippen LogP contribution in [0.15, 0.2) is 168 Å². The molecule has 5 heteroatoms. The minimum Gasteiger partial charge on any atom is -0.337 e. The number of para-hydroxylation sites is 2. The van der Waals surface area contributed by atoms with Crippen LogP contribution in [-0.2, 0) is 13.1 Å². The van der Waals surface area contributed by atoms with E-state index >= 15 is 0 Å². The van der Waals surface area contributed by atoms with Gasteiger partial charge in [-0.2, -0.15) is 5.26 Å². The van der Waals surface area contributed by atoms with Crippen molar-refractivity contribution in [2.45, 2.75) is 55.0 Å². The van der Waals surface area contributed by atoms with E-state index in [9.17, 15) is 5.26 Å². The molecule has 1 aromatic heterocycles. The summed E-state index contributed by atoms with van der Waals surface area (Å²) in [6.07, 6.45) is 16.3. The molecule has 2 aliphatic carbocycles. The third kappa shape index (κ3) is 5.35. The molecule has 3 heterocycles. The summed E-state index contributed by atoms with van der Waals surface area (Å²) >= 11 is 1.90. The van der Waals surface area contributed by atoms with Crippen molar-refractivity contribution in [3.8, 4) is 28.3 Å². The van der Waals surface area contributed by atoms with Gasteiger partial charge in [0.15, 0.2) is 0 Å². The fraction of sp³-hybridized carbons (Fsp3) is 0.157. The largest absolute Gasteiger partial charge is 0.337 e. The Bertz CT molecular complexity index is 2820. The number of anilines is 3. The van der Waals surface area contributed by atoms with Gasteiger partial charge in [-0.3, -0.25) is 0 Å². The molecule has 0 saturated heterocycles. The zero-order valence-electron chi connectivity index (χ0n) is 31.1. The van der Waals surface area contributed by atoms with Crippen LogP contribution in [0.25, 0.3) is 44.1 Å². The molecule has 11 rings (SSSR count). The van der Waals surface area contributed by atoms with Crippen molar-refractivity contribution >= 4 is 50.6 Å². The lowest BCUT2D eigenvalue weighted by molar-refractivity contribution is 0.547. The highest BCUT2D eigenvalue weighted by molar-refractivity contribution is 8.00. The van der Waals surface area contributed by atoms with Crippen LogP contribution in [0.1, 0.15) is 48.4 Å². The van der Waals surface area contributed by atoms with Crippen molar-refractivity contribution in [3.05, 3.63) is 180 Å². The molecule has 2 unspecified atom stereocenters.